The van der Waals surface area contributed by atoms with Crippen LogP contribution in [-0.2, 0) is 30.1 Å². The lowest BCUT2D eigenvalue weighted by Crippen LogP contribution is -2.42. The lowest BCUT2D eigenvalue weighted by atomic mass is 9.83. The molecule has 0 unspecified atom stereocenters. The fourth-order valence-corrected chi connectivity index (χ4v) is 3.89. The van der Waals surface area contributed by atoms with E-state index >= 15 is 0 Å². The molecule has 2 heterocycles. The molecule has 4 heteroatoms. The van der Waals surface area contributed by atoms with Crippen LogP contribution in [0.5, 0.6) is 0 Å². The highest BCUT2D eigenvalue weighted by Gasteiger charge is 2.42. The maximum atomic E-state index is 13.6. The van der Waals surface area contributed by atoms with Crippen LogP contribution in [-0.4, -0.2) is 23.1 Å². The number of hydrogen-bond acceptors (Lipinski definition) is 3. The summed E-state index contributed by atoms with van der Waals surface area (Å²) in [6, 6.07) is 13.1. The van der Waals surface area contributed by atoms with E-state index in [-0.39, 0.29) is 18.0 Å². The second-order valence-corrected chi connectivity index (χ2v) is 6.84. The number of piperidine rings is 1. The first-order valence-electron chi connectivity index (χ1n) is 8.52. The molecule has 0 atom stereocenters. The van der Waals surface area contributed by atoms with Gasteiger partial charge in [0.2, 0.25) is 0 Å². The van der Waals surface area contributed by atoms with Crippen LogP contribution in [0.15, 0.2) is 42.5 Å². The number of aliphatic hydroxyl groups excluding tert-OH is 1. The summed E-state index contributed by atoms with van der Waals surface area (Å²) in [6.07, 6.45) is 1.80. The Hall–Kier alpha value is -1.75. The summed E-state index contributed by atoms with van der Waals surface area (Å²) >= 11 is 0. The largest absolute Gasteiger partial charge is 0.392 e. The molecule has 0 radical (unpaired) electrons. The molecule has 1 N–H and O–H groups in total. The third kappa shape index (κ3) is 2.86. The zero-order valence-electron chi connectivity index (χ0n) is 13.7. The monoisotopic (exact) mass is 327 g/mol. The van der Waals surface area contributed by atoms with Gasteiger partial charge in [-0.05, 0) is 47.2 Å². The smallest absolute Gasteiger partial charge is 0.123 e. The van der Waals surface area contributed by atoms with Gasteiger partial charge in [0.15, 0.2) is 0 Å². The van der Waals surface area contributed by atoms with Gasteiger partial charge in [0, 0.05) is 19.6 Å². The van der Waals surface area contributed by atoms with Crippen LogP contribution in [0.1, 0.15) is 35.1 Å². The molecule has 0 aromatic heterocycles. The van der Waals surface area contributed by atoms with Crippen LogP contribution >= 0.6 is 0 Å². The van der Waals surface area contributed by atoms with Crippen molar-refractivity contribution in [3.63, 3.8) is 0 Å². The van der Waals surface area contributed by atoms with Crippen LogP contribution in [0, 0.1) is 5.82 Å². The Balaban J connectivity index is 1.43. The molecule has 2 aromatic carbocycles. The summed E-state index contributed by atoms with van der Waals surface area (Å²) in [4.78, 5) is 2.42. The van der Waals surface area contributed by atoms with E-state index < -0.39 is 0 Å². The molecule has 0 aliphatic carbocycles. The molecular formula is C20H22FNO2. The van der Waals surface area contributed by atoms with Crippen molar-refractivity contribution >= 4 is 0 Å². The van der Waals surface area contributed by atoms with Gasteiger partial charge in [-0.3, -0.25) is 4.90 Å². The summed E-state index contributed by atoms with van der Waals surface area (Å²) in [7, 11) is 0. The first-order chi connectivity index (χ1) is 11.7. The van der Waals surface area contributed by atoms with Crippen molar-refractivity contribution in [1.82, 2.24) is 4.90 Å². The van der Waals surface area contributed by atoms with E-state index in [1.54, 1.807) is 6.07 Å². The van der Waals surface area contributed by atoms with Gasteiger partial charge >= 0.3 is 0 Å². The van der Waals surface area contributed by atoms with E-state index in [0.29, 0.717) is 6.61 Å². The average Bonchev–Trinajstić information content (AvgIpc) is 2.96. The maximum absolute atomic E-state index is 13.6. The number of likely N-dealkylation sites (tertiary alicyclic amines) is 1. The summed E-state index contributed by atoms with van der Waals surface area (Å²) in [5, 5.41) is 9.12. The molecule has 0 amide bonds. The van der Waals surface area contributed by atoms with Crippen molar-refractivity contribution in [2.75, 3.05) is 13.1 Å². The van der Waals surface area contributed by atoms with E-state index in [9.17, 15) is 4.39 Å². The number of ether oxygens (including phenoxy) is 1. The lowest BCUT2D eigenvalue weighted by molar-refractivity contribution is -0.0800. The molecule has 126 valence electrons. The van der Waals surface area contributed by atoms with Crippen molar-refractivity contribution in [2.45, 2.75) is 38.2 Å². The number of benzene rings is 2. The average molecular weight is 327 g/mol. The molecule has 0 bridgehead atoms. The van der Waals surface area contributed by atoms with Crippen molar-refractivity contribution in [2.24, 2.45) is 0 Å². The number of aliphatic hydroxyl groups is 1. The highest BCUT2D eigenvalue weighted by Crippen LogP contribution is 2.44. The number of rotatable bonds is 3. The first-order valence-corrected chi connectivity index (χ1v) is 8.52. The second-order valence-electron chi connectivity index (χ2n) is 6.84. The van der Waals surface area contributed by atoms with Gasteiger partial charge in [0.25, 0.3) is 0 Å². The molecule has 3 nitrogen and oxygen atoms in total. The Morgan fingerprint density at radius 1 is 1.04 bits per heavy atom. The van der Waals surface area contributed by atoms with Gasteiger partial charge in [-0.15, -0.1) is 0 Å². The predicted octanol–water partition coefficient (Wildman–Crippen LogP) is 3.34. The van der Waals surface area contributed by atoms with Crippen LogP contribution < -0.4 is 0 Å². The fourth-order valence-electron chi connectivity index (χ4n) is 3.89. The highest BCUT2D eigenvalue weighted by molar-refractivity contribution is 5.36. The minimum atomic E-state index is -0.297. The Bertz CT molecular complexity index is 721. The van der Waals surface area contributed by atoms with E-state index in [0.717, 1.165) is 49.2 Å². The van der Waals surface area contributed by atoms with Gasteiger partial charge < -0.3 is 9.84 Å². The van der Waals surface area contributed by atoms with E-state index in [4.69, 9.17) is 9.84 Å². The Labute approximate surface area is 141 Å². The Morgan fingerprint density at radius 3 is 2.46 bits per heavy atom. The molecule has 1 fully saturated rings. The summed E-state index contributed by atoms with van der Waals surface area (Å²) in [5.74, 6) is -0.176. The molecule has 2 aliphatic heterocycles. The molecule has 0 saturated carbocycles. The minimum Gasteiger partial charge on any atom is -0.392 e. The Morgan fingerprint density at radius 2 is 1.75 bits per heavy atom. The molecule has 1 spiro atoms. The number of hydrogen-bond donors (Lipinski definition) is 1. The van der Waals surface area contributed by atoms with Crippen molar-refractivity contribution in [3.05, 3.63) is 70.5 Å². The molecule has 1 saturated heterocycles. The Kier molecular flexibility index (Phi) is 4.12. The van der Waals surface area contributed by atoms with E-state index in [1.165, 1.54) is 11.6 Å². The third-order valence-corrected chi connectivity index (χ3v) is 5.34. The van der Waals surface area contributed by atoms with Crippen molar-refractivity contribution in [3.8, 4) is 0 Å². The third-order valence-electron chi connectivity index (χ3n) is 5.34. The molecule has 2 aliphatic rings. The summed E-state index contributed by atoms with van der Waals surface area (Å²) in [5.41, 5.74) is 4.07. The van der Waals surface area contributed by atoms with E-state index in [1.807, 2.05) is 18.2 Å². The lowest BCUT2D eigenvalue weighted by Gasteiger charge is -2.39. The first kappa shape index (κ1) is 15.8. The SMILES string of the molecule is OCc1ccc(CN2CCC3(CC2)OCc2ccc(F)cc23)cc1. The van der Waals surface area contributed by atoms with Gasteiger partial charge in [-0.25, -0.2) is 4.39 Å². The van der Waals surface area contributed by atoms with Crippen LogP contribution in [0.4, 0.5) is 4.39 Å². The number of fused-ring (bicyclic) bond motifs is 2. The van der Waals surface area contributed by atoms with Crippen LogP contribution in [0.3, 0.4) is 0 Å². The van der Waals surface area contributed by atoms with Gasteiger partial charge in [-0.1, -0.05) is 30.3 Å². The van der Waals surface area contributed by atoms with Gasteiger partial charge in [-0.2, -0.15) is 0 Å². The molecule has 24 heavy (non-hydrogen) atoms. The minimum absolute atomic E-state index is 0.0832. The fraction of sp³-hybridized carbons (Fsp3) is 0.400. The van der Waals surface area contributed by atoms with Crippen LogP contribution in [0.25, 0.3) is 0 Å². The summed E-state index contributed by atoms with van der Waals surface area (Å²) < 4.78 is 19.8. The van der Waals surface area contributed by atoms with E-state index in [2.05, 4.69) is 17.0 Å². The predicted molar refractivity (Wildman–Crippen MR) is 89.7 cm³/mol. The van der Waals surface area contributed by atoms with Crippen molar-refractivity contribution in [1.29, 1.82) is 0 Å². The van der Waals surface area contributed by atoms with Gasteiger partial charge in [0.05, 0.1) is 18.8 Å². The molecular weight excluding hydrogens is 305 g/mol. The standard InChI is InChI=1S/C20H22FNO2/c21-18-6-5-17-14-24-20(19(17)11-18)7-9-22(10-8-20)12-15-1-3-16(13-23)4-2-15/h1-6,11,23H,7-10,12-14H2. The number of halogens is 1. The topological polar surface area (TPSA) is 32.7 Å². The summed E-state index contributed by atoms with van der Waals surface area (Å²) in [6.45, 7) is 3.46. The van der Waals surface area contributed by atoms with Crippen LogP contribution in [0.2, 0.25) is 0 Å². The zero-order valence-corrected chi connectivity index (χ0v) is 13.7. The highest BCUT2D eigenvalue weighted by atomic mass is 19.1. The van der Waals surface area contributed by atoms with Gasteiger partial charge in [0.1, 0.15) is 5.82 Å². The number of nitrogens with zero attached hydrogens (tertiary/aromatic N) is 1. The molecule has 2 aromatic rings. The zero-order chi connectivity index (χ0) is 16.6. The molecule has 4 rings (SSSR count). The second kappa shape index (κ2) is 6.28. The maximum Gasteiger partial charge on any atom is 0.123 e. The quantitative estimate of drug-likeness (QED) is 0.938. The van der Waals surface area contributed by atoms with Crippen molar-refractivity contribution < 1.29 is 14.2 Å². The normalized spacial score (nSPS) is 19.6.